The SMILES string of the molecule is CN(Cc1ccc2nsnc2c1)C(=O)CCc1n[nH]c2c1CCCC2. The highest BCUT2D eigenvalue weighted by Crippen LogP contribution is 2.23. The molecule has 2 aromatic heterocycles. The van der Waals surface area contributed by atoms with Gasteiger partial charge >= 0.3 is 0 Å². The minimum atomic E-state index is 0.143. The fraction of sp³-hybridized carbons (Fsp3) is 0.444. The minimum absolute atomic E-state index is 0.143. The van der Waals surface area contributed by atoms with Crippen molar-refractivity contribution in [2.45, 2.75) is 45.1 Å². The molecule has 0 saturated heterocycles. The number of nitrogens with zero attached hydrogens (tertiary/aromatic N) is 4. The van der Waals surface area contributed by atoms with E-state index in [0.717, 1.165) is 35.1 Å². The summed E-state index contributed by atoms with van der Waals surface area (Å²) >= 11 is 1.21. The maximum atomic E-state index is 12.5. The van der Waals surface area contributed by atoms with E-state index in [1.807, 2.05) is 25.2 Å². The van der Waals surface area contributed by atoms with E-state index in [1.54, 1.807) is 4.90 Å². The molecular weight excluding hydrogens is 334 g/mol. The van der Waals surface area contributed by atoms with Crippen molar-refractivity contribution in [3.63, 3.8) is 0 Å². The Balaban J connectivity index is 1.36. The molecule has 1 aromatic carbocycles. The van der Waals surface area contributed by atoms with Crippen molar-refractivity contribution in [3.05, 3.63) is 40.7 Å². The van der Waals surface area contributed by atoms with Crippen molar-refractivity contribution >= 4 is 28.7 Å². The van der Waals surface area contributed by atoms with Gasteiger partial charge in [0.2, 0.25) is 5.91 Å². The van der Waals surface area contributed by atoms with Crippen LogP contribution in [0.1, 0.15) is 41.8 Å². The van der Waals surface area contributed by atoms with Crippen LogP contribution >= 0.6 is 11.7 Å². The van der Waals surface area contributed by atoms with E-state index in [2.05, 4.69) is 18.9 Å². The first-order valence-corrected chi connectivity index (χ1v) is 9.44. The van der Waals surface area contributed by atoms with Crippen LogP contribution in [0.15, 0.2) is 18.2 Å². The molecule has 1 N–H and O–H groups in total. The number of aryl methyl sites for hydroxylation is 2. The number of nitrogens with one attached hydrogen (secondary N) is 1. The topological polar surface area (TPSA) is 74.8 Å². The number of carbonyl (C=O) groups excluding carboxylic acids is 1. The zero-order valence-corrected chi connectivity index (χ0v) is 15.1. The molecule has 130 valence electrons. The number of rotatable bonds is 5. The number of aromatic amines is 1. The molecule has 0 saturated carbocycles. The predicted molar refractivity (Wildman–Crippen MR) is 97.4 cm³/mol. The average molecular weight is 355 g/mol. The molecule has 0 atom stereocenters. The number of benzene rings is 1. The fourth-order valence-electron chi connectivity index (χ4n) is 3.46. The van der Waals surface area contributed by atoms with Gasteiger partial charge in [-0.1, -0.05) is 6.07 Å². The highest BCUT2D eigenvalue weighted by molar-refractivity contribution is 7.00. The third kappa shape index (κ3) is 3.42. The molecule has 25 heavy (non-hydrogen) atoms. The van der Waals surface area contributed by atoms with E-state index < -0.39 is 0 Å². The number of aromatic nitrogens is 4. The van der Waals surface area contributed by atoms with Gasteiger partial charge in [0.25, 0.3) is 0 Å². The van der Waals surface area contributed by atoms with Crippen molar-refractivity contribution < 1.29 is 4.79 Å². The summed E-state index contributed by atoms with van der Waals surface area (Å²) in [7, 11) is 1.85. The Morgan fingerprint density at radius 2 is 2.08 bits per heavy atom. The first-order chi connectivity index (χ1) is 12.2. The van der Waals surface area contributed by atoms with E-state index in [9.17, 15) is 4.79 Å². The maximum Gasteiger partial charge on any atom is 0.223 e. The van der Waals surface area contributed by atoms with Gasteiger partial charge in [0.1, 0.15) is 11.0 Å². The Bertz CT molecular complexity index is 900. The summed E-state index contributed by atoms with van der Waals surface area (Å²) in [6.45, 7) is 0.588. The summed E-state index contributed by atoms with van der Waals surface area (Å²) in [5.74, 6) is 0.143. The third-order valence-electron chi connectivity index (χ3n) is 4.88. The van der Waals surface area contributed by atoms with Crippen LogP contribution in [0.4, 0.5) is 0 Å². The molecule has 0 unspecified atom stereocenters. The van der Waals surface area contributed by atoms with Crippen LogP contribution < -0.4 is 0 Å². The molecule has 6 nitrogen and oxygen atoms in total. The maximum absolute atomic E-state index is 12.5. The second kappa shape index (κ2) is 6.92. The highest BCUT2D eigenvalue weighted by atomic mass is 32.1. The number of H-pyrrole nitrogens is 1. The monoisotopic (exact) mass is 355 g/mol. The molecule has 2 heterocycles. The van der Waals surface area contributed by atoms with Crippen molar-refractivity contribution in [3.8, 4) is 0 Å². The predicted octanol–water partition coefficient (Wildman–Crippen LogP) is 2.88. The van der Waals surface area contributed by atoms with Crippen LogP contribution in [0.5, 0.6) is 0 Å². The molecule has 0 fully saturated rings. The van der Waals surface area contributed by atoms with E-state index in [-0.39, 0.29) is 5.91 Å². The summed E-state index contributed by atoms with van der Waals surface area (Å²) in [5.41, 5.74) is 6.58. The number of amides is 1. The van der Waals surface area contributed by atoms with Gasteiger partial charge in [-0.2, -0.15) is 13.8 Å². The molecule has 1 aliphatic rings. The summed E-state index contributed by atoms with van der Waals surface area (Å²) < 4.78 is 8.47. The van der Waals surface area contributed by atoms with Crippen molar-refractivity contribution in [2.24, 2.45) is 0 Å². The lowest BCUT2D eigenvalue weighted by Gasteiger charge is -2.17. The van der Waals surface area contributed by atoms with Crippen LogP contribution in [-0.2, 0) is 30.6 Å². The van der Waals surface area contributed by atoms with Gasteiger partial charge in [0, 0.05) is 32.1 Å². The van der Waals surface area contributed by atoms with E-state index in [1.165, 1.54) is 35.8 Å². The van der Waals surface area contributed by atoms with Crippen molar-refractivity contribution in [2.75, 3.05) is 7.05 Å². The van der Waals surface area contributed by atoms with Gasteiger partial charge in [-0.25, -0.2) is 0 Å². The molecule has 0 aliphatic heterocycles. The lowest BCUT2D eigenvalue weighted by atomic mass is 9.94. The fourth-order valence-corrected chi connectivity index (χ4v) is 3.98. The Morgan fingerprint density at radius 3 is 3.00 bits per heavy atom. The van der Waals surface area contributed by atoms with Gasteiger partial charge in [-0.15, -0.1) is 0 Å². The minimum Gasteiger partial charge on any atom is -0.341 e. The van der Waals surface area contributed by atoms with Gasteiger partial charge in [-0.05, 0) is 48.9 Å². The summed E-state index contributed by atoms with van der Waals surface area (Å²) in [6, 6.07) is 5.98. The Morgan fingerprint density at radius 1 is 1.24 bits per heavy atom. The zero-order chi connectivity index (χ0) is 17.2. The molecule has 4 rings (SSSR count). The molecule has 1 aliphatic carbocycles. The number of carbonyl (C=O) groups is 1. The van der Waals surface area contributed by atoms with Gasteiger partial charge in [0.05, 0.1) is 17.4 Å². The molecule has 7 heteroatoms. The number of hydrogen-bond acceptors (Lipinski definition) is 5. The average Bonchev–Trinajstić information content (AvgIpc) is 3.26. The number of hydrogen-bond donors (Lipinski definition) is 1. The third-order valence-corrected chi connectivity index (χ3v) is 5.44. The molecule has 3 aromatic rings. The second-order valence-corrected chi connectivity index (χ2v) is 7.20. The summed E-state index contributed by atoms with van der Waals surface area (Å²) in [4.78, 5) is 14.3. The lowest BCUT2D eigenvalue weighted by Crippen LogP contribution is -2.26. The Kier molecular flexibility index (Phi) is 4.48. The molecule has 0 radical (unpaired) electrons. The molecule has 0 bridgehead atoms. The van der Waals surface area contributed by atoms with Gasteiger partial charge in [0.15, 0.2) is 0 Å². The largest absolute Gasteiger partial charge is 0.341 e. The Hall–Kier alpha value is -2.28. The van der Waals surface area contributed by atoms with Crippen molar-refractivity contribution in [1.29, 1.82) is 0 Å². The first kappa shape index (κ1) is 16.2. The first-order valence-electron chi connectivity index (χ1n) is 8.71. The van der Waals surface area contributed by atoms with Gasteiger partial charge < -0.3 is 4.90 Å². The Labute approximate surface area is 150 Å². The van der Waals surface area contributed by atoms with E-state index >= 15 is 0 Å². The quantitative estimate of drug-likeness (QED) is 0.764. The summed E-state index contributed by atoms with van der Waals surface area (Å²) in [5, 5.41) is 7.58. The van der Waals surface area contributed by atoms with E-state index in [0.29, 0.717) is 19.4 Å². The van der Waals surface area contributed by atoms with Gasteiger partial charge in [-0.3, -0.25) is 9.89 Å². The van der Waals surface area contributed by atoms with Crippen LogP contribution in [0.25, 0.3) is 11.0 Å². The van der Waals surface area contributed by atoms with Crippen molar-refractivity contribution in [1.82, 2.24) is 23.8 Å². The smallest absolute Gasteiger partial charge is 0.223 e. The zero-order valence-electron chi connectivity index (χ0n) is 14.3. The molecule has 0 spiro atoms. The van der Waals surface area contributed by atoms with Crippen LogP contribution in [-0.4, -0.2) is 36.8 Å². The lowest BCUT2D eigenvalue weighted by molar-refractivity contribution is -0.130. The second-order valence-electron chi connectivity index (χ2n) is 6.67. The van der Waals surface area contributed by atoms with Crippen LogP contribution in [0, 0.1) is 0 Å². The van der Waals surface area contributed by atoms with Crippen LogP contribution in [0.2, 0.25) is 0 Å². The van der Waals surface area contributed by atoms with E-state index in [4.69, 9.17) is 0 Å². The van der Waals surface area contributed by atoms with Crippen LogP contribution in [0.3, 0.4) is 0 Å². The normalized spacial score (nSPS) is 13.8. The number of fused-ring (bicyclic) bond motifs is 2. The highest BCUT2D eigenvalue weighted by Gasteiger charge is 2.18. The summed E-state index contributed by atoms with van der Waals surface area (Å²) in [6.07, 6.45) is 5.84. The molecular formula is C18H21N5OS. The molecule has 1 amide bonds. The standard InChI is InChI=1S/C18H21N5OS/c1-23(11-12-6-7-16-17(10-12)22-25-21-16)18(24)9-8-15-13-4-2-3-5-14(13)19-20-15/h6-7,10H,2-5,8-9,11H2,1H3,(H,19,20).